The number of nitrogens with one attached hydrogen (secondary N) is 1. The van der Waals surface area contributed by atoms with Crippen LogP contribution in [-0.4, -0.2) is 45.0 Å². The van der Waals surface area contributed by atoms with Gasteiger partial charge in [0.1, 0.15) is 17.1 Å². The number of amides is 2. The van der Waals surface area contributed by atoms with Crippen molar-refractivity contribution in [3.63, 3.8) is 0 Å². The van der Waals surface area contributed by atoms with Gasteiger partial charge in [0.25, 0.3) is 5.91 Å². The van der Waals surface area contributed by atoms with Crippen molar-refractivity contribution in [3.05, 3.63) is 64.3 Å². The number of carbonyl (C=O) groups excluding carboxylic acids is 2. The second kappa shape index (κ2) is 7.76. The van der Waals surface area contributed by atoms with Gasteiger partial charge in [0.05, 0.1) is 6.42 Å². The monoisotopic (exact) mass is 416 g/mol. The van der Waals surface area contributed by atoms with Crippen molar-refractivity contribution < 1.29 is 24.1 Å². The van der Waals surface area contributed by atoms with E-state index >= 15 is 0 Å². The summed E-state index contributed by atoms with van der Waals surface area (Å²) in [6, 6.07) is 8.68. The lowest BCUT2D eigenvalue weighted by atomic mass is 10.0. The first-order valence-electron chi connectivity index (χ1n) is 8.70. The Balaban J connectivity index is 1.49. The molecule has 0 bridgehead atoms. The van der Waals surface area contributed by atoms with E-state index in [1.807, 2.05) is 52.7 Å². The fraction of sp³-hybridized carbons (Fsp3) is 0.263. The third-order valence-corrected chi connectivity index (χ3v) is 6.85. The summed E-state index contributed by atoms with van der Waals surface area (Å²) in [5.74, 6) is -1.22. The second-order valence-corrected chi connectivity index (χ2v) is 8.65. The summed E-state index contributed by atoms with van der Waals surface area (Å²) in [6.07, 6.45) is 3.93. The van der Waals surface area contributed by atoms with Gasteiger partial charge in [0.15, 0.2) is 18.9 Å². The van der Waals surface area contributed by atoms with Crippen LogP contribution < -0.4 is 9.88 Å². The Labute approximate surface area is 169 Å². The number of carboxylic acids is 1. The van der Waals surface area contributed by atoms with Gasteiger partial charge in [-0.2, -0.15) is 0 Å². The number of nitrogens with zero attached hydrogens (tertiary/aromatic N) is 2. The van der Waals surface area contributed by atoms with Crippen molar-refractivity contribution in [3.8, 4) is 0 Å². The molecule has 0 aliphatic carbocycles. The molecule has 28 heavy (non-hydrogen) atoms. The molecule has 2 aromatic rings. The van der Waals surface area contributed by atoms with Gasteiger partial charge < -0.3 is 10.4 Å². The van der Waals surface area contributed by atoms with Crippen molar-refractivity contribution in [2.45, 2.75) is 24.4 Å². The first-order valence-corrected chi connectivity index (χ1v) is 10.6. The molecule has 0 radical (unpaired) electrons. The Kier molecular flexibility index (Phi) is 5.19. The average Bonchev–Trinajstić information content (AvgIpc) is 3.19. The number of hydrogen-bond donors (Lipinski definition) is 2. The maximum absolute atomic E-state index is 12.6. The van der Waals surface area contributed by atoms with E-state index in [9.17, 15) is 19.5 Å². The lowest BCUT2D eigenvalue weighted by molar-refractivity contribution is -0.689. The number of β-lactam (4-membered cyclic amide) rings is 1. The zero-order chi connectivity index (χ0) is 19.7. The maximum atomic E-state index is 12.6. The quantitative estimate of drug-likeness (QED) is 0.542. The molecule has 144 valence electrons. The van der Waals surface area contributed by atoms with Gasteiger partial charge in [0, 0.05) is 28.3 Å². The Bertz CT molecular complexity index is 943. The van der Waals surface area contributed by atoms with Crippen molar-refractivity contribution in [2.75, 3.05) is 5.75 Å². The number of aliphatic carboxylic acids is 1. The van der Waals surface area contributed by atoms with Crippen LogP contribution in [0.4, 0.5) is 0 Å². The van der Waals surface area contributed by atoms with Crippen LogP contribution in [-0.2, 0) is 27.3 Å². The second-order valence-electron chi connectivity index (χ2n) is 6.52. The lowest BCUT2D eigenvalue weighted by Crippen LogP contribution is -2.70. The fourth-order valence-electron chi connectivity index (χ4n) is 3.36. The molecule has 2 amide bonds. The number of aromatic nitrogens is 1. The van der Waals surface area contributed by atoms with E-state index in [1.54, 1.807) is 0 Å². The van der Waals surface area contributed by atoms with Crippen LogP contribution in [0.15, 0.2) is 59.4 Å². The summed E-state index contributed by atoms with van der Waals surface area (Å²) in [7, 11) is 0. The van der Waals surface area contributed by atoms with Crippen LogP contribution in [0.25, 0.3) is 0 Å². The lowest BCUT2D eigenvalue weighted by Gasteiger charge is -2.49. The van der Waals surface area contributed by atoms with Gasteiger partial charge in [0.2, 0.25) is 5.91 Å². The molecule has 2 atom stereocenters. The van der Waals surface area contributed by atoms with Crippen molar-refractivity contribution in [2.24, 2.45) is 0 Å². The summed E-state index contributed by atoms with van der Waals surface area (Å²) in [6.45, 7) is 0.404. The van der Waals surface area contributed by atoms with E-state index in [2.05, 4.69) is 5.32 Å². The van der Waals surface area contributed by atoms with Crippen molar-refractivity contribution >= 4 is 40.9 Å². The molecule has 2 aliphatic rings. The zero-order valence-electron chi connectivity index (χ0n) is 14.8. The predicted molar refractivity (Wildman–Crippen MR) is 104 cm³/mol. The molecule has 4 heterocycles. The molecule has 9 heteroatoms. The van der Waals surface area contributed by atoms with Crippen LogP contribution in [0.3, 0.4) is 0 Å². The number of pyridine rings is 1. The van der Waals surface area contributed by atoms with Gasteiger partial charge in [-0.3, -0.25) is 14.5 Å². The number of thioether (sulfide) groups is 1. The summed E-state index contributed by atoms with van der Waals surface area (Å²) >= 11 is 2.97. The minimum Gasteiger partial charge on any atom is -0.477 e. The van der Waals surface area contributed by atoms with Gasteiger partial charge in [-0.05, 0) is 11.4 Å². The Morgan fingerprint density at radius 3 is 2.71 bits per heavy atom. The molecule has 2 aliphatic heterocycles. The summed E-state index contributed by atoms with van der Waals surface area (Å²) in [5, 5.41) is 14.0. The highest BCUT2D eigenvalue weighted by Gasteiger charge is 2.54. The number of carbonyl (C=O) groups is 3. The fourth-order valence-corrected chi connectivity index (χ4v) is 5.40. The van der Waals surface area contributed by atoms with E-state index < -0.39 is 12.0 Å². The molecule has 1 saturated heterocycles. The third kappa shape index (κ3) is 3.55. The van der Waals surface area contributed by atoms with E-state index in [0.717, 1.165) is 4.88 Å². The average molecular weight is 417 g/mol. The molecule has 4 rings (SSSR count). The largest absolute Gasteiger partial charge is 0.477 e. The zero-order valence-corrected chi connectivity index (χ0v) is 16.4. The Morgan fingerprint density at radius 2 is 2.04 bits per heavy atom. The van der Waals surface area contributed by atoms with Crippen LogP contribution in [0.2, 0.25) is 0 Å². The molecule has 2 N–H and O–H groups in total. The number of thiophene rings is 1. The minimum atomic E-state index is -1.12. The molecular weight excluding hydrogens is 398 g/mol. The normalized spacial score (nSPS) is 21.1. The van der Waals surface area contributed by atoms with Gasteiger partial charge in [-0.25, -0.2) is 9.36 Å². The summed E-state index contributed by atoms with van der Waals surface area (Å²) in [5.41, 5.74) is 0.718. The SMILES string of the molecule is O=C(Cc1cccs1)N[C@H]1C(=O)N2C(C(=O)O)=C(C[n+]3ccccc3)CS[C@@H]12. The smallest absolute Gasteiger partial charge is 0.352 e. The molecule has 2 aromatic heterocycles. The van der Waals surface area contributed by atoms with E-state index in [4.69, 9.17) is 0 Å². The first-order chi connectivity index (χ1) is 13.5. The van der Waals surface area contributed by atoms with E-state index in [1.165, 1.54) is 28.0 Å². The van der Waals surface area contributed by atoms with Gasteiger partial charge in [-0.1, -0.05) is 12.1 Å². The third-order valence-electron chi connectivity index (χ3n) is 4.63. The Morgan fingerprint density at radius 1 is 1.25 bits per heavy atom. The number of hydrogen-bond acceptors (Lipinski definition) is 5. The van der Waals surface area contributed by atoms with Crippen LogP contribution in [0.1, 0.15) is 4.88 Å². The molecule has 7 nitrogen and oxygen atoms in total. The number of fused-ring (bicyclic) bond motifs is 1. The van der Waals surface area contributed by atoms with Crippen LogP contribution in [0, 0.1) is 0 Å². The summed E-state index contributed by atoms with van der Waals surface area (Å²) in [4.78, 5) is 39.0. The van der Waals surface area contributed by atoms with Crippen molar-refractivity contribution in [1.29, 1.82) is 0 Å². The maximum Gasteiger partial charge on any atom is 0.352 e. The topological polar surface area (TPSA) is 90.6 Å². The first kappa shape index (κ1) is 18.7. The highest BCUT2D eigenvalue weighted by Crippen LogP contribution is 2.40. The highest BCUT2D eigenvalue weighted by atomic mass is 32.2. The Hall–Kier alpha value is -2.65. The predicted octanol–water partition coefficient (Wildman–Crippen LogP) is 1.02. The highest BCUT2D eigenvalue weighted by molar-refractivity contribution is 8.00. The van der Waals surface area contributed by atoms with Gasteiger partial charge in [-0.15, -0.1) is 23.1 Å². The van der Waals surface area contributed by atoms with E-state index in [0.29, 0.717) is 17.9 Å². The van der Waals surface area contributed by atoms with Crippen LogP contribution >= 0.6 is 23.1 Å². The molecule has 0 aromatic carbocycles. The summed E-state index contributed by atoms with van der Waals surface area (Å²) < 4.78 is 1.88. The molecule has 0 saturated carbocycles. The molecule has 1 fully saturated rings. The minimum absolute atomic E-state index is 0.0360. The number of rotatable bonds is 6. The molecule has 0 unspecified atom stereocenters. The molecule has 0 spiro atoms. The van der Waals surface area contributed by atoms with Crippen molar-refractivity contribution in [1.82, 2.24) is 10.2 Å². The molecular formula is C19H18N3O4S2+. The van der Waals surface area contributed by atoms with E-state index in [-0.39, 0.29) is 29.3 Å². The number of carboxylic acid groups (broad SMARTS) is 1. The standard InChI is InChI=1S/C19H17N3O4S2/c23-14(9-13-5-4-8-27-13)20-15-17(24)22-16(19(25)26)12(11-28-18(15)22)10-21-6-2-1-3-7-21/h1-8,15,18H,9-11H2,(H-,20,23,25,26)/p+1/t15-,18-/m0/s1. The van der Waals surface area contributed by atoms with Gasteiger partial charge >= 0.3 is 5.97 Å². The van der Waals surface area contributed by atoms with Crippen LogP contribution in [0.5, 0.6) is 0 Å².